The summed E-state index contributed by atoms with van der Waals surface area (Å²) in [5, 5.41) is 2.56. The Labute approximate surface area is 247 Å². The molecule has 1 aliphatic carbocycles. The van der Waals surface area contributed by atoms with E-state index in [1.54, 1.807) is 18.7 Å². The number of hydrogen-bond acceptors (Lipinski definition) is 8. The minimum Gasteiger partial charge on any atom is -0.405 e. The van der Waals surface area contributed by atoms with Crippen molar-refractivity contribution in [2.45, 2.75) is 70.1 Å². The normalized spacial score (nSPS) is 19.8. The number of halogens is 3. The summed E-state index contributed by atoms with van der Waals surface area (Å²) in [6.45, 7) is 4.61. The highest BCUT2D eigenvalue weighted by Gasteiger charge is 2.33. The maximum absolute atomic E-state index is 13.3. The van der Waals surface area contributed by atoms with E-state index < -0.39 is 29.4 Å². The van der Waals surface area contributed by atoms with Crippen LogP contribution in [0.5, 0.6) is 5.75 Å². The molecule has 0 atom stereocenters. The minimum atomic E-state index is -4.93. The molecule has 2 aromatic rings. The molecule has 1 aromatic heterocycles. The molecule has 43 heavy (non-hydrogen) atoms. The first-order valence-electron chi connectivity index (χ1n) is 14.2. The zero-order chi connectivity index (χ0) is 31.5. The smallest absolute Gasteiger partial charge is 0.405 e. The summed E-state index contributed by atoms with van der Waals surface area (Å²) >= 11 is 0. The molecule has 2 heterocycles. The van der Waals surface area contributed by atoms with Crippen LogP contribution in [-0.2, 0) is 11.3 Å². The van der Waals surface area contributed by atoms with E-state index in [2.05, 4.69) is 15.0 Å². The van der Waals surface area contributed by atoms with E-state index in [0.29, 0.717) is 18.7 Å². The molecule has 1 aromatic carbocycles. The second-order valence-electron chi connectivity index (χ2n) is 11.7. The molecular formula is C28H39F3N8O4. The van der Waals surface area contributed by atoms with Gasteiger partial charge in [0.25, 0.3) is 0 Å². The number of carbonyl (C=O) groups is 2. The topological polar surface area (TPSA) is 152 Å². The van der Waals surface area contributed by atoms with E-state index in [1.165, 1.54) is 29.3 Å². The van der Waals surface area contributed by atoms with Crippen molar-refractivity contribution in [3.63, 3.8) is 0 Å². The number of hydrogen-bond donors (Lipinski definition) is 3. The Morgan fingerprint density at radius 3 is 2.28 bits per heavy atom. The van der Waals surface area contributed by atoms with Gasteiger partial charge in [0, 0.05) is 62.6 Å². The zero-order valence-electron chi connectivity index (χ0n) is 24.6. The van der Waals surface area contributed by atoms with Crippen LogP contribution in [0, 0.1) is 0 Å². The van der Waals surface area contributed by atoms with Crippen molar-refractivity contribution in [1.29, 1.82) is 0 Å². The first kappa shape index (κ1) is 32.2. The Balaban J connectivity index is 1.45. The summed E-state index contributed by atoms with van der Waals surface area (Å²) in [7, 11) is 1.86. The molecule has 1 aliphatic heterocycles. The van der Waals surface area contributed by atoms with Crippen molar-refractivity contribution in [2.75, 3.05) is 38.5 Å². The average Bonchev–Trinajstić information content (AvgIpc) is 2.93. The number of urea groups is 1. The summed E-state index contributed by atoms with van der Waals surface area (Å²) in [6, 6.07) is 5.38. The lowest BCUT2D eigenvalue weighted by Crippen LogP contribution is -2.58. The molecule has 236 valence electrons. The van der Waals surface area contributed by atoms with Crippen molar-refractivity contribution in [3.05, 3.63) is 46.5 Å². The summed E-state index contributed by atoms with van der Waals surface area (Å²) in [5.41, 5.74) is 10.5. The van der Waals surface area contributed by atoms with Crippen LogP contribution in [0.2, 0.25) is 0 Å². The van der Waals surface area contributed by atoms with Gasteiger partial charge in [-0.3, -0.25) is 19.6 Å². The van der Waals surface area contributed by atoms with E-state index in [1.807, 2.05) is 11.9 Å². The number of nitrogens with zero attached hydrogens (tertiary/aromatic N) is 5. The molecule has 15 heteroatoms. The van der Waals surface area contributed by atoms with Crippen LogP contribution in [0.4, 0.5) is 23.8 Å². The van der Waals surface area contributed by atoms with E-state index in [9.17, 15) is 27.6 Å². The van der Waals surface area contributed by atoms with E-state index in [4.69, 9.17) is 11.5 Å². The van der Waals surface area contributed by atoms with Crippen LogP contribution in [0.15, 0.2) is 35.3 Å². The second-order valence-corrected chi connectivity index (χ2v) is 11.7. The minimum absolute atomic E-state index is 0.0231. The standard InChI is InChI=1S/C28H39F3N8O4/c1-27(2,33)24(40)37-12-14-38(15-13-37)25(41)34-23-10-11-39(26(42)35-23)21-7-4-18(22(16-21)43-28(29,30)31)17-36(3)20-8-5-19(32)6-9-20/h4,7,10-11,16,19-20H,5-6,8-9,12-15,17,32-33H2,1-3H3,(H,34,35,41,42). The third kappa shape index (κ3) is 8.45. The number of aromatic nitrogens is 2. The third-order valence-electron chi connectivity index (χ3n) is 7.78. The van der Waals surface area contributed by atoms with Crippen molar-refractivity contribution in [1.82, 2.24) is 24.3 Å². The summed E-state index contributed by atoms with van der Waals surface area (Å²) < 4.78 is 45.3. The molecule has 4 rings (SSSR count). The molecule has 2 fully saturated rings. The fraction of sp³-hybridized carbons (Fsp3) is 0.571. The molecule has 1 saturated heterocycles. The monoisotopic (exact) mass is 608 g/mol. The maximum Gasteiger partial charge on any atom is 0.573 e. The Morgan fingerprint density at radius 1 is 1.07 bits per heavy atom. The largest absolute Gasteiger partial charge is 0.573 e. The Hall–Kier alpha value is -3.69. The Morgan fingerprint density at radius 2 is 1.70 bits per heavy atom. The van der Waals surface area contributed by atoms with Gasteiger partial charge in [0.05, 0.1) is 11.2 Å². The first-order chi connectivity index (χ1) is 20.1. The number of carbonyl (C=O) groups excluding carboxylic acids is 2. The number of nitrogens with two attached hydrogens (primary N) is 2. The lowest BCUT2D eigenvalue weighted by Gasteiger charge is -2.37. The molecule has 0 unspecified atom stereocenters. The fourth-order valence-electron chi connectivity index (χ4n) is 5.36. The van der Waals surface area contributed by atoms with Gasteiger partial charge < -0.3 is 26.0 Å². The molecule has 12 nitrogen and oxygen atoms in total. The molecule has 5 N–H and O–H groups in total. The highest BCUT2D eigenvalue weighted by Crippen LogP contribution is 2.31. The highest BCUT2D eigenvalue weighted by molar-refractivity contribution is 5.89. The van der Waals surface area contributed by atoms with Crippen molar-refractivity contribution in [3.8, 4) is 11.4 Å². The molecule has 2 aliphatic rings. The second kappa shape index (κ2) is 12.9. The molecule has 0 spiro atoms. The summed E-state index contributed by atoms with van der Waals surface area (Å²) in [4.78, 5) is 46.9. The van der Waals surface area contributed by atoms with Gasteiger partial charge in [-0.25, -0.2) is 9.59 Å². The van der Waals surface area contributed by atoms with Crippen molar-refractivity contribution in [2.24, 2.45) is 11.5 Å². The summed E-state index contributed by atoms with van der Waals surface area (Å²) in [5.74, 6) is -0.648. The number of anilines is 1. The van der Waals surface area contributed by atoms with Gasteiger partial charge >= 0.3 is 18.1 Å². The lowest BCUT2D eigenvalue weighted by atomic mass is 9.91. The van der Waals surface area contributed by atoms with Crippen LogP contribution >= 0.6 is 0 Å². The number of alkyl halides is 3. The average molecular weight is 609 g/mol. The van der Waals surface area contributed by atoms with Crippen LogP contribution in [0.3, 0.4) is 0 Å². The molecule has 3 amide bonds. The third-order valence-corrected chi connectivity index (χ3v) is 7.78. The van der Waals surface area contributed by atoms with Crippen LogP contribution < -0.4 is 27.2 Å². The fourth-order valence-corrected chi connectivity index (χ4v) is 5.36. The van der Waals surface area contributed by atoms with Crippen LogP contribution in [-0.4, -0.2) is 93.4 Å². The molecule has 0 bridgehead atoms. The van der Waals surface area contributed by atoms with Gasteiger partial charge in [-0.1, -0.05) is 6.07 Å². The quantitative estimate of drug-likeness (QED) is 0.433. The Bertz CT molecular complexity index is 1360. The SMILES string of the molecule is CN(Cc1ccc(-n2ccc(NC(=O)N3CCN(C(=O)C(C)(C)N)CC3)nc2=O)cc1OC(F)(F)F)C1CCC(N)CC1. The van der Waals surface area contributed by atoms with Crippen LogP contribution in [0.1, 0.15) is 45.1 Å². The van der Waals surface area contributed by atoms with E-state index in [0.717, 1.165) is 36.3 Å². The highest BCUT2D eigenvalue weighted by atomic mass is 19.4. The molecule has 1 saturated carbocycles. The van der Waals surface area contributed by atoms with Gasteiger partial charge in [-0.05, 0) is 58.7 Å². The van der Waals surface area contributed by atoms with E-state index in [-0.39, 0.29) is 49.1 Å². The predicted octanol–water partition coefficient (Wildman–Crippen LogP) is 2.25. The number of ether oxygens (including phenoxy) is 1. The number of nitrogens with one attached hydrogen (secondary N) is 1. The Kier molecular flexibility index (Phi) is 9.66. The first-order valence-corrected chi connectivity index (χ1v) is 14.2. The lowest BCUT2D eigenvalue weighted by molar-refractivity contribution is -0.275. The van der Waals surface area contributed by atoms with Gasteiger partial charge in [0.2, 0.25) is 5.91 Å². The zero-order valence-corrected chi connectivity index (χ0v) is 24.6. The van der Waals surface area contributed by atoms with Gasteiger partial charge in [-0.2, -0.15) is 4.98 Å². The van der Waals surface area contributed by atoms with E-state index >= 15 is 0 Å². The number of benzene rings is 1. The number of rotatable bonds is 7. The molecular weight excluding hydrogens is 569 g/mol. The summed E-state index contributed by atoms with van der Waals surface area (Å²) in [6.07, 6.45) is -0.182. The van der Waals surface area contributed by atoms with Gasteiger partial charge in [-0.15, -0.1) is 13.2 Å². The number of amides is 3. The predicted molar refractivity (Wildman–Crippen MR) is 154 cm³/mol. The van der Waals surface area contributed by atoms with Gasteiger partial charge in [0.1, 0.15) is 11.6 Å². The van der Waals surface area contributed by atoms with Crippen molar-refractivity contribution < 1.29 is 27.5 Å². The van der Waals surface area contributed by atoms with Gasteiger partial charge in [0.15, 0.2) is 0 Å². The van der Waals surface area contributed by atoms with Crippen LogP contribution in [0.25, 0.3) is 5.69 Å². The number of piperazine rings is 1. The van der Waals surface area contributed by atoms with Crippen molar-refractivity contribution >= 4 is 17.8 Å². The molecule has 0 radical (unpaired) electrons. The maximum atomic E-state index is 13.3.